The maximum atomic E-state index is 12.3. The minimum absolute atomic E-state index is 0.161. The Bertz CT molecular complexity index is 470. The maximum absolute atomic E-state index is 12.3. The van der Waals surface area contributed by atoms with E-state index in [1.54, 1.807) is 18.2 Å². The van der Waals surface area contributed by atoms with Crippen molar-refractivity contribution in [3.8, 4) is 0 Å². The molecule has 0 aromatic heterocycles. The van der Waals surface area contributed by atoms with Crippen molar-refractivity contribution in [1.82, 2.24) is 4.90 Å². The van der Waals surface area contributed by atoms with Crippen LogP contribution in [-0.4, -0.2) is 37.5 Å². The summed E-state index contributed by atoms with van der Waals surface area (Å²) in [5, 5.41) is 0.628. The van der Waals surface area contributed by atoms with Gasteiger partial charge in [0.25, 0.3) is 0 Å². The van der Waals surface area contributed by atoms with Gasteiger partial charge in [0, 0.05) is 25.2 Å². The van der Waals surface area contributed by atoms with Crippen molar-refractivity contribution in [2.45, 2.75) is 25.7 Å². The number of amides is 1. The quantitative estimate of drug-likeness (QED) is 0.872. The van der Waals surface area contributed by atoms with Crippen LogP contribution in [-0.2, 0) is 4.79 Å². The Hall–Kier alpha value is -1.42. The maximum Gasteiger partial charge on any atom is 0.242 e. The number of benzene rings is 1. The van der Waals surface area contributed by atoms with Crippen molar-refractivity contribution in [1.29, 1.82) is 0 Å². The number of likely N-dealkylation sites (N-methyl/N-ethyl adjacent to an activating group) is 1. The van der Waals surface area contributed by atoms with Crippen LogP contribution >= 0.6 is 11.6 Å². The number of nitrogens with zero attached hydrogens (tertiary/aromatic N) is 2. The molecular formula is C15H22ClN3O. The van der Waals surface area contributed by atoms with Crippen LogP contribution in [0.15, 0.2) is 18.2 Å². The molecule has 0 spiro atoms. The van der Waals surface area contributed by atoms with E-state index in [9.17, 15) is 4.79 Å². The van der Waals surface area contributed by atoms with E-state index in [2.05, 4.69) is 0 Å². The number of halogens is 1. The fourth-order valence-electron chi connectivity index (χ4n) is 2.56. The van der Waals surface area contributed by atoms with Gasteiger partial charge < -0.3 is 15.5 Å². The summed E-state index contributed by atoms with van der Waals surface area (Å²) in [5.74, 6) is 0.161. The second kappa shape index (κ2) is 6.84. The SMILES string of the molecule is CN(CC(=O)N1CCCCCC1)c1cc(Cl)ccc1N. The van der Waals surface area contributed by atoms with Gasteiger partial charge in [0.2, 0.25) is 5.91 Å². The Morgan fingerprint density at radius 1 is 1.30 bits per heavy atom. The number of hydrogen-bond acceptors (Lipinski definition) is 3. The van der Waals surface area contributed by atoms with Crippen LogP contribution in [0.3, 0.4) is 0 Å². The molecule has 1 amide bonds. The number of hydrogen-bond donors (Lipinski definition) is 1. The van der Waals surface area contributed by atoms with E-state index in [-0.39, 0.29) is 5.91 Å². The third-order valence-corrected chi connectivity index (χ3v) is 3.97. The second-order valence-electron chi connectivity index (χ2n) is 5.35. The first-order chi connectivity index (χ1) is 9.58. The first-order valence-electron chi connectivity index (χ1n) is 7.12. The van der Waals surface area contributed by atoms with E-state index in [0.29, 0.717) is 17.3 Å². The number of anilines is 2. The highest BCUT2D eigenvalue weighted by Gasteiger charge is 2.18. The first kappa shape index (κ1) is 15.0. The smallest absolute Gasteiger partial charge is 0.242 e. The van der Waals surface area contributed by atoms with Crippen molar-refractivity contribution < 1.29 is 4.79 Å². The zero-order chi connectivity index (χ0) is 14.5. The topological polar surface area (TPSA) is 49.6 Å². The normalized spacial score (nSPS) is 15.8. The molecule has 0 radical (unpaired) electrons. The van der Waals surface area contributed by atoms with E-state index in [0.717, 1.165) is 31.6 Å². The van der Waals surface area contributed by atoms with Gasteiger partial charge in [0.1, 0.15) is 0 Å². The lowest BCUT2D eigenvalue weighted by Crippen LogP contribution is -2.39. The van der Waals surface area contributed by atoms with Gasteiger partial charge >= 0.3 is 0 Å². The Kier molecular flexibility index (Phi) is 5.12. The van der Waals surface area contributed by atoms with E-state index in [1.807, 2.05) is 16.8 Å². The molecule has 110 valence electrons. The molecule has 2 rings (SSSR count). The van der Waals surface area contributed by atoms with Crippen LogP contribution in [0.4, 0.5) is 11.4 Å². The third kappa shape index (κ3) is 3.79. The molecule has 4 nitrogen and oxygen atoms in total. The molecule has 1 saturated heterocycles. The fourth-order valence-corrected chi connectivity index (χ4v) is 2.72. The van der Waals surface area contributed by atoms with Crippen molar-refractivity contribution in [2.24, 2.45) is 0 Å². The predicted octanol–water partition coefficient (Wildman–Crippen LogP) is 2.76. The number of rotatable bonds is 3. The molecule has 1 aromatic rings. The molecule has 1 fully saturated rings. The molecule has 2 N–H and O–H groups in total. The van der Waals surface area contributed by atoms with Crippen molar-refractivity contribution in [3.63, 3.8) is 0 Å². The van der Waals surface area contributed by atoms with Gasteiger partial charge in [-0.05, 0) is 31.0 Å². The average molecular weight is 296 g/mol. The van der Waals surface area contributed by atoms with E-state index in [1.165, 1.54) is 12.8 Å². The molecule has 20 heavy (non-hydrogen) atoms. The van der Waals surface area contributed by atoms with Crippen LogP contribution in [0.5, 0.6) is 0 Å². The number of nitrogen functional groups attached to an aromatic ring is 1. The minimum Gasteiger partial charge on any atom is -0.397 e. The lowest BCUT2D eigenvalue weighted by atomic mass is 10.2. The molecule has 1 aromatic carbocycles. The molecule has 0 saturated carbocycles. The standard InChI is InChI=1S/C15H22ClN3O/c1-18(14-10-12(16)6-7-13(14)17)11-15(20)19-8-4-2-3-5-9-19/h6-7,10H,2-5,8-9,11,17H2,1H3. The third-order valence-electron chi connectivity index (χ3n) is 3.73. The van der Waals surface area contributed by atoms with Gasteiger partial charge in [-0.3, -0.25) is 4.79 Å². The van der Waals surface area contributed by atoms with Crippen LogP contribution in [0.25, 0.3) is 0 Å². The van der Waals surface area contributed by atoms with Gasteiger partial charge in [0.05, 0.1) is 17.9 Å². The highest BCUT2D eigenvalue weighted by atomic mass is 35.5. The predicted molar refractivity (Wildman–Crippen MR) is 84.2 cm³/mol. The van der Waals surface area contributed by atoms with Crippen LogP contribution in [0, 0.1) is 0 Å². The number of nitrogens with two attached hydrogens (primary N) is 1. The molecule has 0 bridgehead atoms. The van der Waals surface area contributed by atoms with Gasteiger partial charge in [-0.25, -0.2) is 0 Å². The highest BCUT2D eigenvalue weighted by molar-refractivity contribution is 6.31. The number of carbonyl (C=O) groups excluding carboxylic acids is 1. The van der Waals surface area contributed by atoms with Crippen molar-refractivity contribution in [2.75, 3.05) is 37.3 Å². The summed E-state index contributed by atoms with van der Waals surface area (Å²) in [4.78, 5) is 16.2. The summed E-state index contributed by atoms with van der Waals surface area (Å²) < 4.78 is 0. The molecule has 0 unspecified atom stereocenters. The zero-order valence-electron chi connectivity index (χ0n) is 11.9. The van der Waals surface area contributed by atoms with E-state index >= 15 is 0 Å². The summed E-state index contributed by atoms with van der Waals surface area (Å²) in [5.41, 5.74) is 7.39. The largest absolute Gasteiger partial charge is 0.397 e. The summed E-state index contributed by atoms with van der Waals surface area (Å²) in [6, 6.07) is 5.32. The Morgan fingerprint density at radius 3 is 2.60 bits per heavy atom. The lowest BCUT2D eigenvalue weighted by Gasteiger charge is -2.26. The highest BCUT2D eigenvalue weighted by Crippen LogP contribution is 2.26. The summed E-state index contributed by atoms with van der Waals surface area (Å²) in [6.45, 7) is 2.08. The van der Waals surface area contributed by atoms with Crippen molar-refractivity contribution in [3.05, 3.63) is 23.2 Å². The minimum atomic E-state index is 0.161. The molecule has 1 aliphatic rings. The average Bonchev–Trinajstić information content (AvgIpc) is 2.70. The lowest BCUT2D eigenvalue weighted by molar-refractivity contribution is -0.129. The molecule has 1 aliphatic heterocycles. The zero-order valence-corrected chi connectivity index (χ0v) is 12.7. The van der Waals surface area contributed by atoms with Gasteiger partial charge in [-0.2, -0.15) is 0 Å². The summed E-state index contributed by atoms with van der Waals surface area (Å²) in [7, 11) is 1.87. The van der Waals surface area contributed by atoms with Crippen molar-refractivity contribution >= 4 is 28.9 Å². The van der Waals surface area contributed by atoms with Crippen LogP contribution < -0.4 is 10.6 Å². The van der Waals surface area contributed by atoms with Gasteiger partial charge in [0.15, 0.2) is 0 Å². The number of likely N-dealkylation sites (tertiary alicyclic amines) is 1. The Morgan fingerprint density at radius 2 is 1.95 bits per heavy atom. The Labute approximate surface area is 125 Å². The number of carbonyl (C=O) groups is 1. The molecule has 0 aliphatic carbocycles. The summed E-state index contributed by atoms with van der Waals surface area (Å²) >= 11 is 5.99. The molecular weight excluding hydrogens is 274 g/mol. The summed E-state index contributed by atoms with van der Waals surface area (Å²) in [6.07, 6.45) is 4.66. The van der Waals surface area contributed by atoms with Crippen LogP contribution in [0.2, 0.25) is 5.02 Å². The second-order valence-corrected chi connectivity index (χ2v) is 5.79. The first-order valence-corrected chi connectivity index (χ1v) is 7.49. The molecule has 5 heteroatoms. The van der Waals surface area contributed by atoms with Crippen LogP contribution in [0.1, 0.15) is 25.7 Å². The van der Waals surface area contributed by atoms with E-state index in [4.69, 9.17) is 17.3 Å². The van der Waals surface area contributed by atoms with E-state index < -0.39 is 0 Å². The molecule has 1 heterocycles. The fraction of sp³-hybridized carbons (Fsp3) is 0.533. The molecule has 0 atom stereocenters. The van der Waals surface area contributed by atoms with Gasteiger partial charge in [-0.15, -0.1) is 0 Å². The van der Waals surface area contributed by atoms with Gasteiger partial charge in [-0.1, -0.05) is 24.4 Å². The monoisotopic (exact) mass is 295 g/mol. The Balaban J connectivity index is 2.01.